The molecule has 2 amide bonds. The molecule has 0 aromatic carbocycles. The number of esters is 2. The lowest BCUT2D eigenvalue weighted by Gasteiger charge is -2.30. The number of aliphatic imine (C=N–C) groups is 1. The molecule has 2 atom stereocenters. The van der Waals surface area contributed by atoms with Gasteiger partial charge in [-0.1, -0.05) is 39.3 Å². The van der Waals surface area contributed by atoms with Crippen molar-refractivity contribution in [2.45, 2.75) is 71.6 Å². The molecule has 11 nitrogen and oxygen atoms in total. The molecular weight excluding hydrogens is 478 g/mol. The summed E-state index contributed by atoms with van der Waals surface area (Å²) in [5.74, 6) is -1.58. The number of carbonyl (C=O) groups excluding carboxylic acids is 4. The maximum atomic E-state index is 12.6. The fraction of sp³-hybridized carbons (Fsp3) is 0.696. The van der Waals surface area contributed by atoms with E-state index in [1.165, 1.54) is 24.4 Å². The largest absolute Gasteiger partial charge is 0.595 e. The Labute approximate surface area is 211 Å². The number of amides is 2. The Morgan fingerprint density at radius 2 is 1.80 bits per heavy atom. The van der Waals surface area contributed by atoms with Crippen LogP contribution in [0.4, 0.5) is 0 Å². The Bertz CT molecular complexity index is 777. The topological polar surface area (TPSA) is 155 Å². The Morgan fingerprint density at radius 3 is 2.34 bits per heavy atom. The predicted octanol–water partition coefficient (Wildman–Crippen LogP) is 0.703. The molecule has 0 saturated carbocycles. The van der Waals surface area contributed by atoms with Gasteiger partial charge in [0.25, 0.3) is 0 Å². The Hall–Kier alpha value is -2.76. The normalized spacial score (nSPS) is 13.9. The monoisotopic (exact) mass is 516 g/mol. The van der Waals surface area contributed by atoms with Crippen molar-refractivity contribution in [1.29, 1.82) is 0 Å². The quantitative estimate of drug-likeness (QED) is 0.112. The molecule has 0 radical (unpaired) electrons. The molecule has 0 fully saturated rings. The predicted molar refractivity (Wildman–Crippen MR) is 132 cm³/mol. The lowest BCUT2D eigenvalue weighted by molar-refractivity contribution is -0.261. The van der Waals surface area contributed by atoms with Gasteiger partial charge in [-0.2, -0.15) is 11.8 Å². The van der Waals surface area contributed by atoms with E-state index >= 15 is 0 Å². The molecule has 0 heterocycles. The molecular formula is C23H38N3O8S-. The van der Waals surface area contributed by atoms with E-state index in [0.29, 0.717) is 5.75 Å². The summed E-state index contributed by atoms with van der Waals surface area (Å²) in [5, 5.41) is 17.0. The van der Waals surface area contributed by atoms with Gasteiger partial charge in [-0.25, -0.2) is 4.79 Å². The molecule has 0 spiro atoms. The van der Waals surface area contributed by atoms with Crippen LogP contribution in [0.15, 0.2) is 16.6 Å². The number of hydrogen-bond acceptors (Lipinski definition) is 10. The molecule has 0 aromatic heterocycles. The summed E-state index contributed by atoms with van der Waals surface area (Å²) < 4.78 is 14.3. The number of carbonyl (C=O) groups is 4. The van der Waals surface area contributed by atoms with Crippen molar-refractivity contribution >= 4 is 41.6 Å². The minimum Gasteiger partial charge on any atom is -0.595 e. The SMILES string of the molecule is CCC(C)=CCSC[C@H](NC(=O)CC[C@H](N=C([O-])OC(C)(C)C)C(=O)OC)C(=O)NCC(=O)OC. The van der Waals surface area contributed by atoms with Gasteiger partial charge in [0.1, 0.15) is 24.7 Å². The maximum absolute atomic E-state index is 12.6. The van der Waals surface area contributed by atoms with E-state index in [2.05, 4.69) is 25.1 Å². The molecule has 0 aromatic rings. The number of allylic oxidation sites excluding steroid dienone is 1. The van der Waals surface area contributed by atoms with Crippen molar-refractivity contribution in [1.82, 2.24) is 10.6 Å². The van der Waals surface area contributed by atoms with Crippen molar-refractivity contribution in [3.05, 3.63) is 11.6 Å². The lowest BCUT2D eigenvalue weighted by Crippen LogP contribution is -2.49. The average molecular weight is 517 g/mol. The first-order chi connectivity index (χ1) is 16.3. The van der Waals surface area contributed by atoms with Gasteiger partial charge in [-0.15, -0.1) is 0 Å². The summed E-state index contributed by atoms with van der Waals surface area (Å²) in [5.41, 5.74) is 0.405. The Balaban J connectivity index is 5.19. The van der Waals surface area contributed by atoms with E-state index < -0.39 is 47.5 Å². The van der Waals surface area contributed by atoms with Crippen molar-refractivity contribution in [2.75, 3.05) is 32.3 Å². The van der Waals surface area contributed by atoms with Crippen LogP contribution in [0, 0.1) is 0 Å². The van der Waals surface area contributed by atoms with Crippen LogP contribution >= 0.6 is 11.8 Å². The summed E-state index contributed by atoms with van der Waals surface area (Å²) in [7, 11) is 2.35. The van der Waals surface area contributed by atoms with Gasteiger partial charge in [0, 0.05) is 23.5 Å². The third-order valence-electron chi connectivity index (χ3n) is 4.45. The van der Waals surface area contributed by atoms with Crippen LogP contribution < -0.4 is 15.7 Å². The average Bonchev–Trinajstić information content (AvgIpc) is 2.79. The standard InChI is InChI=1S/C23H39N3O8S/c1-8-15(2)11-12-35-14-17(20(29)24-13-19(28)32-6)25-18(27)10-9-16(21(30)33-7)26-22(31)34-23(3,4)5/h11,16-17H,8-10,12-14H2,1-7H3,(H,24,29)(H,25,27)(H,26,31)/p-1/t16-,17-/m0/s1. The van der Waals surface area contributed by atoms with Crippen LogP contribution in [0.3, 0.4) is 0 Å². The summed E-state index contributed by atoms with van der Waals surface area (Å²) in [6.07, 6.45) is 1.68. The highest BCUT2D eigenvalue weighted by atomic mass is 32.2. The third-order valence-corrected chi connectivity index (χ3v) is 5.42. The molecule has 0 rings (SSSR count). The summed E-state index contributed by atoms with van der Waals surface area (Å²) in [6, 6.07) is -2.16. The molecule has 0 bridgehead atoms. The number of nitrogens with zero attached hydrogens (tertiary/aromatic N) is 1. The van der Waals surface area contributed by atoms with E-state index in [0.717, 1.165) is 13.5 Å². The zero-order valence-electron chi connectivity index (χ0n) is 21.6. The van der Waals surface area contributed by atoms with Crippen LogP contribution in [-0.2, 0) is 33.4 Å². The molecule has 0 aliphatic heterocycles. The van der Waals surface area contributed by atoms with Crippen LogP contribution in [-0.4, -0.2) is 79.8 Å². The third kappa shape index (κ3) is 15.7. The minimum absolute atomic E-state index is 0.125. The van der Waals surface area contributed by atoms with Crippen molar-refractivity contribution in [3.8, 4) is 0 Å². The zero-order valence-corrected chi connectivity index (χ0v) is 22.4. The number of hydrogen-bond donors (Lipinski definition) is 2. The van der Waals surface area contributed by atoms with Gasteiger partial charge in [-0.3, -0.25) is 19.4 Å². The summed E-state index contributed by atoms with van der Waals surface area (Å²) >= 11 is 1.44. The fourth-order valence-corrected chi connectivity index (χ4v) is 3.40. The highest BCUT2D eigenvalue weighted by molar-refractivity contribution is 7.99. The maximum Gasteiger partial charge on any atom is 0.330 e. The number of ether oxygens (including phenoxy) is 3. The first-order valence-corrected chi connectivity index (χ1v) is 12.4. The molecule has 2 N–H and O–H groups in total. The lowest BCUT2D eigenvalue weighted by atomic mass is 10.1. The summed E-state index contributed by atoms with van der Waals surface area (Å²) in [6.45, 7) is 8.68. The van der Waals surface area contributed by atoms with Gasteiger partial charge in [0.15, 0.2) is 0 Å². The second kappa shape index (κ2) is 16.8. The van der Waals surface area contributed by atoms with Crippen molar-refractivity contribution in [3.63, 3.8) is 0 Å². The van der Waals surface area contributed by atoms with E-state index in [1.54, 1.807) is 20.8 Å². The second-order valence-corrected chi connectivity index (χ2v) is 9.62. The van der Waals surface area contributed by atoms with Crippen molar-refractivity contribution < 1.29 is 38.5 Å². The molecule has 0 saturated heterocycles. The molecule has 0 aliphatic carbocycles. The van der Waals surface area contributed by atoms with Crippen LogP contribution in [0.2, 0.25) is 0 Å². The highest BCUT2D eigenvalue weighted by Gasteiger charge is 2.24. The molecule has 200 valence electrons. The van der Waals surface area contributed by atoms with Gasteiger partial charge < -0.3 is 30.0 Å². The minimum atomic E-state index is -1.23. The van der Waals surface area contributed by atoms with Gasteiger partial charge in [-0.05, 0) is 19.8 Å². The number of rotatable bonds is 14. The van der Waals surface area contributed by atoms with Crippen LogP contribution in [0.5, 0.6) is 0 Å². The van der Waals surface area contributed by atoms with Gasteiger partial charge in [0.05, 0.1) is 14.2 Å². The molecule has 0 aliphatic rings. The van der Waals surface area contributed by atoms with Crippen molar-refractivity contribution in [2.24, 2.45) is 4.99 Å². The van der Waals surface area contributed by atoms with E-state index in [-0.39, 0.29) is 25.1 Å². The van der Waals surface area contributed by atoms with E-state index in [4.69, 9.17) is 4.74 Å². The smallest absolute Gasteiger partial charge is 0.330 e. The van der Waals surface area contributed by atoms with E-state index in [1.807, 2.05) is 19.9 Å². The van der Waals surface area contributed by atoms with E-state index in [9.17, 15) is 24.3 Å². The second-order valence-electron chi connectivity index (χ2n) is 8.54. The molecule has 35 heavy (non-hydrogen) atoms. The summed E-state index contributed by atoms with van der Waals surface area (Å²) in [4.78, 5) is 52.2. The molecule has 0 unspecified atom stereocenters. The first kappa shape index (κ1) is 32.2. The Morgan fingerprint density at radius 1 is 1.14 bits per heavy atom. The Kier molecular flexibility index (Phi) is 15.5. The van der Waals surface area contributed by atoms with Gasteiger partial charge in [0.2, 0.25) is 11.8 Å². The molecule has 12 heteroatoms. The van der Waals surface area contributed by atoms with Crippen LogP contribution in [0.1, 0.15) is 53.9 Å². The van der Waals surface area contributed by atoms with Crippen LogP contribution in [0.25, 0.3) is 0 Å². The zero-order chi connectivity index (χ0) is 27.0. The fourth-order valence-electron chi connectivity index (χ4n) is 2.39. The number of nitrogens with one attached hydrogen (secondary N) is 2. The van der Waals surface area contributed by atoms with Gasteiger partial charge >= 0.3 is 11.9 Å². The first-order valence-electron chi connectivity index (χ1n) is 11.2. The highest BCUT2D eigenvalue weighted by Crippen LogP contribution is 2.11. The number of thioether (sulfide) groups is 1. The number of methoxy groups -OCH3 is 2.